The molecule has 0 radical (unpaired) electrons. The summed E-state index contributed by atoms with van der Waals surface area (Å²) < 4.78 is 0. The minimum Gasteiger partial charge on any atom is -0.508 e. The molecule has 17 heavy (non-hydrogen) atoms. The minimum absolute atomic E-state index is 0.161. The third-order valence-corrected chi connectivity index (χ3v) is 3.52. The first kappa shape index (κ1) is 13.6. The molecule has 1 aromatic rings. The molecule has 0 aliphatic carbocycles. The van der Waals surface area contributed by atoms with Crippen molar-refractivity contribution >= 4 is 5.97 Å². The number of phenols is 1. The Hall–Kier alpha value is -1.51. The molecule has 0 aliphatic heterocycles. The molecular weight excluding hydrogens is 216 g/mol. The molecule has 0 saturated carbocycles. The first-order valence-corrected chi connectivity index (χ1v) is 5.91. The van der Waals surface area contributed by atoms with E-state index in [0.29, 0.717) is 6.42 Å². The molecule has 2 atom stereocenters. The summed E-state index contributed by atoms with van der Waals surface area (Å²) in [5.41, 5.74) is 0.914. The SMILES string of the molecule is CCC(C)(CC(C)C(=O)O)c1ccc(O)cc1. The Morgan fingerprint density at radius 2 is 1.88 bits per heavy atom. The molecule has 0 spiro atoms. The number of carboxylic acids is 1. The van der Waals surface area contributed by atoms with Gasteiger partial charge in [0.15, 0.2) is 0 Å². The smallest absolute Gasteiger partial charge is 0.306 e. The van der Waals surface area contributed by atoms with E-state index < -0.39 is 5.97 Å². The van der Waals surface area contributed by atoms with E-state index in [-0.39, 0.29) is 17.1 Å². The third-order valence-electron chi connectivity index (χ3n) is 3.52. The maximum Gasteiger partial charge on any atom is 0.306 e. The van der Waals surface area contributed by atoms with Gasteiger partial charge in [0.1, 0.15) is 5.75 Å². The molecule has 0 heterocycles. The van der Waals surface area contributed by atoms with Crippen molar-refractivity contribution in [3.05, 3.63) is 29.8 Å². The molecule has 2 N–H and O–H groups in total. The summed E-state index contributed by atoms with van der Waals surface area (Å²) in [5, 5.41) is 18.3. The summed E-state index contributed by atoms with van der Waals surface area (Å²) in [4.78, 5) is 10.9. The first-order valence-electron chi connectivity index (χ1n) is 5.91. The molecule has 0 aromatic heterocycles. The van der Waals surface area contributed by atoms with Gasteiger partial charge in [-0.05, 0) is 36.0 Å². The summed E-state index contributed by atoms with van der Waals surface area (Å²) in [5.74, 6) is -0.893. The number of hydrogen-bond acceptors (Lipinski definition) is 2. The van der Waals surface area contributed by atoms with Gasteiger partial charge in [0, 0.05) is 0 Å². The maximum absolute atomic E-state index is 10.9. The van der Waals surface area contributed by atoms with Gasteiger partial charge in [0.05, 0.1) is 5.92 Å². The molecule has 3 heteroatoms. The fraction of sp³-hybridized carbons (Fsp3) is 0.500. The molecule has 1 rings (SSSR count). The van der Waals surface area contributed by atoms with Gasteiger partial charge in [-0.25, -0.2) is 0 Å². The lowest BCUT2D eigenvalue weighted by atomic mass is 9.74. The summed E-state index contributed by atoms with van der Waals surface area (Å²) in [6.07, 6.45) is 1.47. The monoisotopic (exact) mass is 236 g/mol. The Morgan fingerprint density at radius 3 is 2.29 bits per heavy atom. The second-order valence-electron chi connectivity index (χ2n) is 4.90. The molecule has 0 fully saturated rings. The Balaban J connectivity index is 2.95. The van der Waals surface area contributed by atoms with Crippen LogP contribution >= 0.6 is 0 Å². The van der Waals surface area contributed by atoms with Crippen molar-refractivity contribution in [1.29, 1.82) is 0 Å². The highest BCUT2D eigenvalue weighted by molar-refractivity contribution is 5.69. The summed E-state index contributed by atoms with van der Waals surface area (Å²) in [6, 6.07) is 7.03. The number of carbonyl (C=O) groups is 1. The van der Waals surface area contributed by atoms with Gasteiger partial charge in [-0.2, -0.15) is 0 Å². The maximum atomic E-state index is 10.9. The standard InChI is InChI=1S/C14H20O3/c1-4-14(3,9-10(2)13(16)17)11-5-7-12(15)8-6-11/h5-8,10,15H,4,9H2,1-3H3,(H,16,17). The molecular formula is C14H20O3. The molecule has 0 aliphatic rings. The zero-order chi connectivity index (χ0) is 13.1. The quantitative estimate of drug-likeness (QED) is 0.825. The van der Waals surface area contributed by atoms with Crippen LogP contribution < -0.4 is 0 Å². The zero-order valence-electron chi connectivity index (χ0n) is 10.6. The average Bonchev–Trinajstić information content (AvgIpc) is 2.29. The van der Waals surface area contributed by atoms with Crippen LogP contribution in [0.5, 0.6) is 5.75 Å². The van der Waals surface area contributed by atoms with Crippen LogP contribution in [-0.4, -0.2) is 16.2 Å². The Kier molecular flexibility index (Phi) is 4.16. The molecule has 1 aromatic carbocycles. The lowest BCUT2D eigenvalue weighted by Gasteiger charge is -2.30. The van der Waals surface area contributed by atoms with Crippen molar-refractivity contribution in [1.82, 2.24) is 0 Å². The van der Waals surface area contributed by atoms with Crippen LogP contribution in [0.4, 0.5) is 0 Å². The second-order valence-corrected chi connectivity index (χ2v) is 4.90. The lowest BCUT2D eigenvalue weighted by molar-refractivity contribution is -0.141. The normalized spacial score (nSPS) is 16.2. The van der Waals surface area contributed by atoms with Gasteiger partial charge in [0.25, 0.3) is 0 Å². The van der Waals surface area contributed by atoms with Gasteiger partial charge >= 0.3 is 5.97 Å². The second kappa shape index (κ2) is 5.21. The van der Waals surface area contributed by atoms with E-state index in [1.807, 2.05) is 12.1 Å². The van der Waals surface area contributed by atoms with Crippen LogP contribution in [0.25, 0.3) is 0 Å². The predicted molar refractivity (Wildman–Crippen MR) is 67.2 cm³/mol. The fourth-order valence-electron chi connectivity index (χ4n) is 2.09. The van der Waals surface area contributed by atoms with E-state index in [9.17, 15) is 9.90 Å². The van der Waals surface area contributed by atoms with Crippen LogP contribution in [0.15, 0.2) is 24.3 Å². The number of rotatable bonds is 5. The number of aliphatic carboxylic acids is 1. The average molecular weight is 236 g/mol. The number of hydrogen-bond donors (Lipinski definition) is 2. The van der Waals surface area contributed by atoms with Crippen molar-refractivity contribution < 1.29 is 15.0 Å². The first-order chi connectivity index (χ1) is 7.89. The van der Waals surface area contributed by atoms with Crippen molar-refractivity contribution in [2.24, 2.45) is 5.92 Å². The highest BCUT2D eigenvalue weighted by atomic mass is 16.4. The van der Waals surface area contributed by atoms with E-state index in [0.717, 1.165) is 12.0 Å². The molecule has 2 unspecified atom stereocenters. The largest absolute Gasteiger partial charge is 0.508 e. The van der Waals surface area contributed by atoms with E-state index in [4.69, 9.17) is 5.11 Å². The van der Waals surface area contributed by atoms with E-state index in [1.54, 1.807) is 19.1 Å². The molecule has 0 bridgehead atoms. The van der Waals surface area contributed by atoms with Crippen molar-refractivity contribution in [3.63, 3.8) is 0 Å². The predicted octanol–water partition coefficient (Wildman–Crippen LogP) is 3.17. The lowest BCUT2D eigenvalue weighted by Crippen LogP contribution is -2.27. The van der Waals surface area contributed by atoms with Crippen LogP contribution in [0.1, 0.15) is 39.2 Å². The van der Waals surface area contributed by atoms with Gasteiger partial charge in [-0.1, -0.05) is 32.9 Å². The van der Waals surface area contributed by atoms with E-state index >= 15 is 0 Å². The van der Waals surface area contributed by atoms with Crippen LogP contribution in [0.2, 0.25) is 0 Å². The highest BCUT2D eigenvalue weighted by Gasteiger charge is 2.29. The Labute approximate surface area is 102 Å². The van der Waals surface area contributed by atoms with Gasteiger partial charge < -0.3 is 10.2 Å². The molecule has 0 amide bonds. The third kappa shape index (κ3) is 3.22. The van der Waals surface area contributed by atoms with Crippen LogP contribution in [-0.2, 0) is 10.2 Å². The summed E-state index contributed by atoms with van der Waals surface area (Å²) in [7, 11) is 0. The highest BCUT2D eigenvalue weighted by Crippen LogP contribution is 2.34. The molecule has 0 saturated heterocycles. The minimum atomic E-state index is -0.761. The molecule has 3 nitrogen and oxygen atoms in total. The number of phenolic OH excluding ortho intramolecular Hbond substituents is 1. The van der Waals surface area contributed by atoms with Crippen molar-refractivity contribution in [2.45, 2.75) is 39.0 Å². The number of benzene rings is 1. The summed E-state index contributed by atoms with van der Waals surface area (Å²) in [6.45, 7) is 5.86. The topological polar surface area (TPSA) is 57.5 Å². The summed E-state index contributed by atoms with van der Waals surface area (Å²) >= 11 is 0. The zero-order valence-corrected chi connectivity index (χ0v) is 10.6. The van der Waals surface area contributed by atoms with Crippen LogP contribution in [0.3, 0.4) is 0 Å². The Morgan fingerprint density at radius 1 is 1.35 bits per heavy atom. The molecule has 94 valence electrons. The van der Waals surface area contributed by atoms with Gasteiger partial charge in [-0.15, -0.1) is 0 Å². The van der Waals surface area contributed by atoms with Crippen LogP contribution in [0, 0.1) is 5.92 Å². The van der Waals surface area contributed by atoms with E-state index in [1.165, 1.54) is 0 Å². The van der Waals surface area contributed by atoms with Crippen molar-refractivity contribution in [3.8, 4) is 5.75 Å². The fourth-order valence-corrected chi connectivity index (χ4v) is 2.09. The van der Waals surface area contributed by atoms with E-state index in [2.05, 4.69) is 13.8 Å². The van der Waals surface area contributed by atoms with Gasteiger partial charge in [-0.3, -0.25) is 4.79 Å². The Bertz CT molecular complexity index is 383. The van der Waals surface area contributed by atoms with Gasteiger partial charge in [0.2, 0.25) is 0 Å². The number of carboxylic acid groups (broad SMARTS) is 1. The number of aromatic hydroxyl groups is 1. The van der Waals surface area contributed by atoms with Crippen molar-refractivity contribution in [2.75, 3.05) is 0 Å².